The maximum Gasteiger partial charge on any atom is 0.415 e. The minimum absolute atomic E-state index is 0.0608. The van der Waals surface area contributed by atoms with Crippen LogP contribution in [0.25, 0.3) is 11.7 Å². The molecule has 5 rings (SSSR count). The van der Waals surface area contributed by atoms with Crippen molar-refractivity contribution in [2.45, 2.75) is 64.2 Å². The molecule has 4 heterocycles. The van der Waals surface area contributed by atoms with Crippen LogP contribution in [-0.4, -0.2) is 68.1 Å². The first-order valence-corrected chi connectivity index (χ1v) is 13.6. The van der Waals surface area contributed by atoms with Gasteiger partial charge in [0.1, 0.15) is 34.8 Å². The molecular weight excluding hydrogens is 544 g/mol. The number of oxazole rings is 1. The smallest absolute Gasteiger partial charge is 0.415 e. The molecule has 2 N–H and O–H groups in total. The highest BCUT2D eigenvalue weighted by Gasteiger charge is 2.28. The largest absolute Gasteiger partial charge is 0.443 e. The highest BCUT2D eigenvalue weighted by atomic mass is 16.6. The number of hydrogen-bond acceptors (Lipinski definition) is 10. The van der Waals surface area contributed by atoms with Gasteiger partial charge in [-0.15, -0.1) is 0 Å². The number of ether oxygens (including phenoxy) is 2. The molecular formula is C28H34N8O6. The van der Waals surface area contributed by atoms with E-state index in [1.807, 2.05) is 0 Å². The van der Waals surface area contributed by atoms with Crippen molar-refractivity contribution in [3.05, 3.63) is 59.0 Å². The fraction of sp³-hybridized carbons (Fsp3) is 0.429. The monoisotopic (exact) mass is 578 g/mol. The summed E-state index contributed by atoms with van der Waals surface area (Å²) in [7, 11) is 3.20. The Morgan fingerprint density at radius 2 is 2.05 bits per heavy atom. The van der Waals surface area contributed by atoms with Crippen molar-refractivity contribution < 1.29 is 23.5 Å². The van der Waals surface area contributed by atoms with Gasteiger partial charge < -0.3 is 24.5 Å². The van der Waals surface area contributed by atoms with Crippen LogP contribution in [0.3, 0.4) is 0 Å². The summed E-state index contributed by atoms with van der Waals surface area (Å²) in [5.41, 5.74) is -0.631. The van der Waals surface area contributed by atoms with Gasteiger partial charge in [0, 0.05) is 32.5 Å². The van der Waals surface area contributed by atoms with Crippen LogP contribution in [0.15, 0.2) is 52.3 Å². The molecule has 0 aliphatic heterocycles. The van der Waals surface area contributed by atoms with Crippen molar-refractivity contribution in [3.63, 3.8) is 0 Å². The number of nitrogens with one attached hydrogen (secondary N) is 2. The molecule has 14 heteroatoms. The number of methoxy groups -OCH3 is 1. The van der Waals surface area contributed by atoms with E-state index < -0.39 is 17.3 Å². The first-order chi connectivity index (χ1) is 20.0. The number of carbonyl (C=O) groups is 2. The van der Waals surface area contributed by atoms with E-state index in [9.17, 15) is 14.4 Å². The number of fused-ring (bicyclic) bond motifs is 1. The predicted octanol–water partition coefficient (Wildman–Crippen LogP) is 3.67. The quantitative estimate of drug-likeness (QED) is 0.331. The number of rotatable bonds is 7. The zero-order chi connectivity index (χ0) is 30.0. The van der Waals surface area contributed by atoms with Gasteiger partial charge >= 0.3 is 12.1 Å². The minimum Gasteiger partial charge on any atom is -0.443 e. The summed E-state index contributed by atoms with van der Waals surface area (Å²) < 4.78 is 19.0. The Morgan fingerprint density at radius 1 is 1.24 bits per heavy atom. The number of nitrogens with zero attached hydrogens (tertiary/aromatic N) is 6. The summed E-state index contributed by atoms with van der Waals surface area (Å²) in [6, 6.07) is 4.80. The van der Waals surface area contributed by atoms with Crippen LogP contribution in [0, 0.1) is 0 Å². The van der Waals surface area contributed by atoms with E-state index in [1.165, 1.54) is 52.0 Å². The van der Waals surface area contributed by atoms with E-state index >= 15 is 0 Å². The van der Waals surface area contributed by atoms with E-state index in [4.69, 9.17) is 13.9 Å². The second kappa shape index (κ2) is 11.6. The second-order valence-electron chi connectivity index (χ2n) is 11.1. The molecule has 4 aromatic heterocycles. The topological polar surface area (TPSA) is 158 Å². The SMILES string of the molecule is CO[C@@H]1CCCC(NC(=O)c2cnn3c(N(C)C(=O)OC(C)(C)C)cc(Nc4cccn(-c5ncco5)c4=O)nc23)C1. The van der Waals surface area contributed by atoms with Crippen LogP contribution in [0.5, 0.6) is 0 Å². The lowest BCUT2D eigenvalue weighted by molar-refractivity contribution is 0.0561. The van der Waals surface area contributed by atoms with Gasteiger partial charge in [-0.1, -0.05) is 0 Å². The number of aromatic nitrogens is 5. The fourth-order valence-corrected chi connectivity index (χ4v) is 4.80. The van der Waals surface area contributed by atoms with E-state index in [0.29, 0.717) is 6.42 Å². The lowest BCUT2D eigenvalue weighted by Gasteiger charge is -2.28. The molecule has 0 bridgehead atoms. The third-order valence-electron chi connectivity index (χ3n) is 6.84. The first kappa shape index (κ1) is 28.8. The van der Waals surface area contributed by atoms with Crippen LogP contribution in [0.4, 0.5) is 22.1 Å². The summed E-state index contributed by atoms with van der Waals surface area (Å²) in [6.45, 7) is 5.29. The summed E-state index contributed by atoms with van der Waals surface area (Å²) in [5.74, 6) is 0.104. The zero-order valence-electron chi connectivity index (χ0n) is 24.2. The second-order valence-corrected chi connectivity index (χ2v) is 11.1. The Balaban J connectivity index is 1.53. The summed E-state index contributed by atoms with van der Waals surface area (Å²) >= 11 is 0. The lowest BCUT2D eigenvalue weighted by atomic mass is 9.92. The van der Waals surface area contributed by atoms with Crippen molar-refractivity contribution in [2.24, 2.45) is 0 Å². The van der Waals surface area contributed by atoms with Crippen molar-refractivity contribution in [1.82, 2.24) is 29.5 Å². The van der Waals surface area contributed by atoms with Gasteiger partial charge in [-0.05, 0) is 58.6 Å². The lowest BCUT2D eigenvalue weighted by Crippen LogP contribution is -2.40. The maximum atomic E-state index is 13.4. The van der Waals surface area contributed by atoms with Crippen molar-refractivity contribution in [3.8, 4) is 6.01 Å². The molecule has 222 valence electrons. The van der Waals surface area contributed by atoms with E-state index in [-0.39, 0.29) is 52.6 Å². The third kappa shape index (κ3) is 6.12. The molecule has 14 nitrogen and oxygen atoms in total. The molecule has 4 aromatic rings. The highest BCUT2D eigenvalue weighted by molar-refractivity contribution is 6.00. The molecule has 1 saturated carbocycles. The molecule has 2 amide bonds. The summed E-state index contributed by atoms with van der Waals surface area (Å²) in [6.07, 6.45) is 8.62. The molecule has 1 aliphatic rings. The zero-order valence-corrected chi connectivity index (χ0v) is 24.2. The van der Waals surface area contributed by atoms with Crippen LogP contribution in [0.1, 0.15) is 56.8 Å². The Bertz CT molecular complexity index is 1640. The van der Waals surface area contributed by atoms with E-state index in [0.717, 1.165) is 19.3 Å². The molecule has 1 aliphatic carbocycles. The number of hydrogen-bond donors (Lipinski definition) is 2. The number of pyridine rings is 1. The fourth-order valence-electron chi connectivity index (χ4n) is 4.80. The molecule has 0 radical (unpaired) electrons. The summed E-state index contributed by atoms with van der Waals surface area (Å²) in [5, 5.41) is 10.5. The van der Waals surface area contributed by atoms with Crippen LogP contribution in [0.2, 0.25) is 0 Å². The molecule has 42 heavy (non-hydrogen) atoms. The third-order valence-corrected chi connectivity index (χ3v) is 6.84. The Morgan fingerprint density at radius 3 is 2.76 bits per heavy atom. The minimum atomic E-state index is -0.747. The molecule has 0 spiro atoms. The Hall–Kier alpha value is -4.72. The standard InChI is InChI=1S/C28H34N8O6/c1-28(2,3)42-27(39)34(4)22-15-21(32-20-10-7-12-35(25(20)38)26-29-11-13-41-26)33-23-19(16-30-36(22)23)24(37)31-17-8-6-9-18(14-17)40-5/h7,10-13,15-18H,6,8-9,14H2,1-5H3,(H,31,37)(H,32,33)/t17?,18-/m1/s1. The molecule has 1 unspecified atom stereocenters. The van der Waals surface area contributed by atoms with E-state index in [2.05, 4.69) is 25.7 Å². The molecule has 0 saturated heterocycles. The van der Waals surface area contributed by atoms with Gasteiger partial charge in [0.2, 0.25) is 0 Å². The van der Waals surface area contributed by atoms with Crippen LogP contribution < -0.4 is 21.1 Å². The number of carbonyl (C=O) groups excluding carboxylic acids is 2. The molecule has 0 aromatic carbocycles. The predicted molar refractivity (Wildman–Crippen MR) is 154 cm³/mol. The van der Waals surface area contributed by atoms with Gasteiger partial charge in [-0.3, -0.25) is 14.5 Å². The average Bonchev–Trinajstić information content (AvgIpc) is 3.63. The van der Waals surface area contributed by atoms with Crippen molar-refractivity contribution in [2.75, 3.05) is 24.4 Å². The Kier molecular flexibility index (Phi) is 7.98. The first-order valence-electron chi connectivity index (χ1n) is 13.6. The normalized spacial score (nSPS) is 17.2. The van der Waals surface area contributed by atoms with E-state index in [1.54, 1.807) is 40.0 Å². The number of amides is 2. The van der Waals surface area contributed by atoms with Crippen LogP contribution in [-0.2, 0) is 9.47 Å². The van der Waals surface area contributed by atoms with Gasteiger partial charge in [0.05, 0.1) is 18.5 Å². The van der Waals surface area contributed by atoms with Gasteiger partial charge in [0.15, 0.2) is 5.65 Å². The van der Waals surface area contributed by atoms with Crippen molar-refractivity contribution in [1.29, 1.82) is 0 Å². The summed E-state index contributed by atoms with van der Waals surface area (Å²) in [4.78, 5) is 49.6. The van der Waals surface area contributed by atoms with Crippen molar-refractivity contribution >= 4 is 35.0 Å². The molecule has 1 fully saturated rings. The average molecular weight is 579 g/mol. The van der Waals surface area contributed by atoms with Gasteiger partial charge in [-0.2, -0.15) is 9.61 Å². The highest BCUT2D eigenvalue weighted by Crippen LogP contribution is 2.26. The number of anilines is 3. The maximum absolute atomic E-state index is 13.4. The Labute approximate surface area is 241 Å². The molecule has 2 atom stereocenters. The van der Waals surface area contributed by atoms with Crippen LogP contribution >= 0.6 is 0 Å². The van der Waals surface area contributed by atoms with Gasteiger partial charge in [0.25, 0.3) is 11.5 Å². The van der Waals surface area contributed by atoms with Gasteiger partial charge in [-0.25, -0.2) is 19.3 Å².